The Labute approximate surface area is 123 Å². The average molecular weight is 329 g/mol. The van der Waals surface area contributed by atoms with Crippen molar-refractivity contribution in [2.45, 2.75) is 38.7 Å². The lowest BCUT2D eigenvalue weighted by Crippen LogP contribution is -1.96. The summed E-state index contributed by atoms with van der Waals surface area (Å²) >= 11 is 3.45. The van der Waals surface area contributed by atoms with Crippen LogP contribution in [0.3, 0.4) is 0 Å². The van der Waals surface area contributed by atoms with Crippen LogP contribution in [0.5, 0.6) is 11.5 Å². The molecule has 0 fully saturated rings. The van der Waals surface area contributed by atoms with Crippen molar-refractivity contribution >= 4 is 15.9 Å². The summed E-state index contributed by atoms with van der Waals surface area (Å²) < 4.78 is 16.3. The topological polar surface area (TPSA) is 27.7 Å². The largest absolute Gasteiger partial charge is 0.454 e. The van der Waals surface area contributed by atoms with E-state index in [1.54, 1.807) is 0 Å². The summed E-state index contributed by atoms with van der Waals surface area (Å²) in [6.45, 7) is 1.81. The smallest absolute Gasteiger partial charge is 0.231 e. The van der Waals surface area contributed by atoms with Crippen molar-refractivity contribution in [1.82, 2.24) is 0 Å². The van der Waals surface area contributed by atoms with E-state index >= 15 is 0 Å². The molecule has 1 aliphatic heterocycles. The van der Waals surface area contributed by atoms with Crippen LogP contribution in [0.4, 0.5) is 0 Å². The van der Waals surface area contributed by atoms with Crippen molar-refractivity contribution < 1.29 is 14.2 Å². The summed E-state index contributed by atoms with van der Waals surface area (Å²) in [5, 5.41) is 1.12. The second-order valence-electron chi connectivity index (χ2n) is 4.70. The second-order valence-corrected chi connectivity index (χ2v) is 5.49. The molecule has 0 aliphatic carbocycles. The van der Waals surface area contributed by atoms with Crippen LogP contribution in [0.1, 0.15) is 37.7 Å². The first-order valence-corrected chi connectivity index (χ1v) is 8.04. The Balaban J connectivity index is 1.56. The molecule has 0 spiro atoms. The molecule has 0 atom stereocenters. The molecule has 1 heterocycles. The van der Waals surface area contributed by atoms with Crippen LogP contribution in [-0.4, -0.2) is 18.7 Å². The molecule has 0 bridgehead atoms. The fraction of sp³-hybridized carbons (Fsp3) is 0.600. The quantitative estimate of drug-likeness (QED) is 0.500. The van der Waals surface area contributed by atoms with Gasteiger partial charge in [-0.25, -0.2) is 0 Å². The zero-order valence-electron chi connectivity index (χ0n) is 11.2. The van der Waals surface area contributed by atoms with Gasteiger partial charge in [-0.1, -0.05) is 41.3 Å². The SMILES string of the molecule is BrCCCCCCCOCc1ccc2c(c1)OCO2. The van der Waals surface area contributed by atoms with Crippen molar-refractivity contribution in [2.24, 2.45) is 0 Å². The fourth-order valence-electron chi connectivity index (χ4n) is 2.05. The molecule has 106 valence electrons. The monoisotopic (exact) mass is 328 g/mol. The molecule has 0 radical (unpaired) electrons. The zero-order valence-corrected chi connectivity index (χ0v) is 12.8. The van der Waals surface area contributed by atoms with E-state index in [4.69, 9.17) is 14.2 Å². The number of fused-ring (bicyclic) bond motifs is 1. The van der Waals surface area contributed by atoms with Gasteiger partial charge in [-0.3, -0.25) is 0 Å². The van der Waals surface area contributed by atoms with Crippen molar-refractivity contribution in [3.63, 3.8) is 0 Å². The van der Waals surface area contributed by atoms with Crippen LogP contribution in [0.25, 0.3) is 0 Å². The maximum absolute atomic E-state index is 5.68. The molecule has 0 amide bonds. The third-order valence-electron chi connectivity index (χ3n) is 3.13. The summed E-state index contributed by atoms with van der Waals surface area (Å²) in [5.41, 5.74) is 1.14. The van der Waals surface area contributed by atoms with E-state index < -0.39 is 0 Å². The summed E-state index contributed by atoms with van der Waals surface area (Å²) in [6.07, 6.45) is 6.30. The maximum atomic E-state index is 5.68. The number of benzene rings is 1. The third kappa shape index (κ3) is 5.03. The average Bonchev–Trinajstić information content (AvgIpc) is 2.89. The van der Waals surface area contributed by atoms with Gasteiger partial charge in [-0.15, -0.1) is 0 Å². The highest BCUT2D eigenvalue weighted by Gasteiger charge is 2.12. The van der Waals surface area contributed by atoms with Gasteiger partial charge in [0.2, 0.25) is 6.79 Å². The minimum atomic E-state index is 0.327. The van der Waals surface area contributed by atoms with E-state index in [1.807, 2.05) is 18.2 Å². The van der Waals surface area contributed by atoms with E-state index in [9.17, 15) is 0 Å². The number of alkyl halides is 1. The number of ether oxygens (including phenoxy) is 3. The van der Waals surface area contributed by atoms with Crippen molar-refractivity contribution in [3.05, 3.63) is 23.8 Å². The Morgan fingerprint density at radius 2 is 1.79 bits per heavy atom. The Morgan fingerprint density at radius 3 is 2.68 bits per heavy atom. The molecule has 1 aromatic carbocycles. The number of halogens is 1. The molecule has 0 saturated heterocycles. The Hall–Kier alpha value is -0.740. The molecular weight excluding hydrogens is 308 g/mol. The van der Waals surface area contributed by atoms with Gasteiger partial charge >= 0.3 is 0 Å². The second kappa shape index (κ2) is 8.43. The Morgan fingerprint density at radius 1 is 1.00 bits per heavy atom. The summed E-state index contributed by atoms with van der Waals surface area (Å²) in [4.78, 5) is 0. The highest BCUT2D eigenvalue weighted by atomic mass is 79.9. The number of rotatable bonds is 9. The molecule has 0 saturated carbocycles. The molecule has 1 aromatic rings. The first kappa shape index (κ1) is 14.7. The highest BCUT2D eigenvalue weighted by Crippen LogP contribution is 2.32. The minimum absolute atomic E-state index is 0.327. The standard InChI is InChI=1S/C15H21BrO3/c16-8-4-2-1-3-5-9-17-11-13-6-7-14-15(10-13)19-12-18-14/h6-7,10H,1-5,8-9,11-12H2. The van der Waals surface area contributed by atoms with Gasteiger partial charge in [0.25, 0.3) is 0 Å². The van der Waals surface area contributed by atoms with Gasteiger partial charge in [-0.05, 0) is 30.5 Å². The fourth-order valence-corrected chi connectivity index (χ4v) is 2.45. The molecule has 3 nitrogen and oxygen atoms in total. The first-order valence-electron chi connectivity index (χ1n) is 6.92. The number of hydrogen-bond donors (Lipinski definition) is 0. The van der Waals surface area contributed by atoms with Gasteiger partial charge in [-0.2, -0.15) is 0 Å². The van der Waals surface area contributed by atoms with Crippen molar-refractivity contribution in [3.8, 4) is 11.5 Å². The van der Waals surface area contributed by atoms with Gasteiger partial charge in [0.1, 0.15) is 0 Å². The van der Waals surface area contributed by atoms with Crippen LogP contribution >= 0.6 is 15.9 Å². The van der Waals surface area contributed by atoms with E-state index in [-0.39, 0.29) is 0 Å². The molecule has 2 rings (SSSR count). The predicted octanol–water partition coefficient (Wildman–Crippen LogP) is 4.28. The van der Waals surface area contributed by atoms with Crippen molar-refractivity contribution in [2.75, 3.05) is 18.7 Å². The zero-order chi connectivity index (χ0) is 13.3. The van der Waals surface area contributed by atoms with Crippen LogP contribution in [0, 0.1) is 0 Å². The van der Waals surface area contributed by atoms with Crippen LogP contribution < -0.4 is 9.47 Å². The van der Waals surface area contributed by atoms with Crippen LogP contribution in [0.15, 0.2) is 18.2 Å². The van der Waals surface area contributed by atoms with Gasteiger partial charge < -0.3 is 14.2 Å². The lowest BCUT2D eigenvalue weighted by molar-refractivity contribution is 0.116. The Bertz CT molecular complexity index is 382. The molecule has 19 heavy (non-hydrogen) atoms. The predicted molar refractivity (Wildman–Crippen MR) is 79.1 cm³/mol. The van der Waals surface area contributed by atoms with Crippen LogP contribution in [0.2, 0.25) is 0 Å². The van der Waals surface area contributed by atoms with Crippen LogP contribution in [-0.2, 0) is 11.3 Å². The normalized spacial score (nSPS) is 12.9. The lowest BCUT2D eigenvalue weighted by Gasteiger charge is -2.05. The molecule has 4 heteroatoms. The number of unbranched alkanes of at least 4 members (excludes halogenated alkanes) is 4. The minimum Gasteiger partial charge on any atom is -0.454 e. The molecular formula is C15H21BrO3. The Kier molecular flexibility index (Phi) is 6.51. The number of hydrogen-bond acceptors (Lipinski definition) is 3. The van der Waals surface area contributed by atoms with E-state index in [0.717, 1.165) is 35.4 Å². The van der Waals surface area contributed by atoms with Gasteiger partial charge in [0.05, 0.1) is 6.61 Å². The molecule has 0 aromatic heterocycles. The molecule has 1 aliphatic rings. The molecule has 0 N–H and O–H groups in total. The first-order chi connectivity index (χ1) is 9.40. The van der Waals surface area contributed by atoms with Gasteiger partial charge in [0.15, 0.2) is 11.5 Å². The summed E-state index contributed by atoms with van der Waals surface area (Å²) in [6, 6.07) is 5.98. The summed E-state index contributed by atoms with van der Waals surface area (Å²) in [5.74, 6) is 1.66. The molecule has 0 unspecified atom stereocenters. The third-order valence-corrected chi connectivity index (χ3v) is 3.69. The van der Waals surface area contributed by atoms with Gasteiger partial charge in [0, 0.05) is 11.9 Å². The van der Waals surface area contributed by atoms with E-state index in [2.05, 4.69) is 15.9 Å². The summed E-state index contributed by atoms with van der Waals surface area (Å²) in [7, 11) is 0. The van der Waals surface area contributed by atoms with E-state index in [0.29, 0.717) is 13.4 Å². The highest BCUT2D eigenvalue weighted by molar-refractivity contribution is 9.09. The maximum Gasteiger partial charge on any atom is 0.231 e. The lowest BCUT2D eigenvalue weighted by atomic mass is 10.2. The van der Waals surface area contributed by atoms with E-state index in [1.165, 1.54) is 25.7 Å². The van der Waals surface area contributed by atoms with Crippen molar-refractivity contribution in [1.29, 1.82) is 0 Å².